The van der Waals surface area contributed by atoms with E-state index in [9.17, 15) is 19.8 Å². The predicted octanol–water partition coefficient (Wildman–Crippen LogP) is 16.2. The summed E-state index contributed by atoms with van der Waals surface area (Å²) in [6.07, 6.45) is 63.9. The van der Waals surface area contributed by atoms with Crippen molar-refractivity contribution in [2.75, 3.05) is 6.61 Å². The summed E-state index contributed by atoms with van der Waals surface area (Å²) in [4.78, 5) is 26.2. The zero-order valence-electron chi connectivity index (χ0n) is 41.4. The summed E-state index contributed by atoms with van der Waals surface area (Å²) in [6.45, 7) is 6.24. The van der Waals surface area contributed by atoms with Crippen LogP contribution in [-0.4, -0.2) is 46.9 Å². The van der Waals surface area contributed by atoms with Crippen LogP contribution in [0.5, 0.6) is 0 Å². The van der Waals surface area contributed by atoms with Gasteiger partial charge in [-0.25, -0.2) is 0 Å². The third kappa shape index (κ3) is 45.7. The number of nitrogens with one attached hydrogen (secondary N) is 1. The first-order chi connectivity index (χ1) is 31.0. The first-order valence-electron chi connectivity index (χ1n) is 26.7. The molecule has 0 aromatic rings. The highest BCUT2D eigenvalue weighted by Gasteiger charge is 2.24. The van der Waals surface area contributed by atoms with Crippen molar-refractivity contribution in [3.63, 3.8) is 0 Å². The van der Waals surface area contributed by atoms with Crippen LogP contribution in [0.1, 0.15) is 252 Å². The largest absolute Gasteiger partial charge is 0.462 e. The second kappa shape index (κ2) is 50.3. The van der Waals surface area contributed by atoms with Crippen LogP contribution in [0.15, 0.2) is 72.9 Å². The van der Waals surface area contributed by atoms with Crippen LogP contribution >= 0.6 is 0 Å². The van der Waals surface area contributed by atoms with Gasteiger partial charge in [0.1, 0.15) is 6.10 Å². The van der Waals surface area contributed by atoms with Crippen LogP contribution in [0, 0.1) is 0 Å². The Hall–Kier alpha value is -2.70. The number of hydrogen-bond acceptors (Lipinski definition) is 5. The lowest BCUT2D eigenvalue weighted by molar-refractivity contribution is -0.151. The quantitative estimate of drug-likeness (QED) is 0.0245. The number of rotatable bonds is 47. The van der Waals surface area contributed by atoms with Crippen molar-refractivity contribution < 1.29 is 24.5 Å². The van der Waals surface area contributed by atoms with E-state index in [0.717, 1.165) is 109 Å². The highest BCUT2D eigenvalue weighted by molar-refractivity contribution is 5.77. The topological polar surface area (TPSA) is 95.9 Å². The van der Waals surface area contributed by atoms with Crippen LogP contribution < -0.4 is 5.32 Å². The summed E-state index contributed by atoms with van der Waals surface area (Å²) in [5.74, 6) is -0.515. The minimum absolute atomic E-state index is 0.0558. The average molecular weight is 880 g/mol. The molecule has 0 aromatic carbocycles. The van der Waals surface area contributed by atoms with E-state index in [2.05, 4.69) is 80.8 Å². The molecule has 0 radical (unpaired) electrons. The fourth-order valence-electron chi connectivity index (χ4n) is 7.89. The lowest BCUT2D eigenvalue weighted by Gasteiger charge is -2.24. The molecule has 0 saturated carbocycles. The minimum Gasteiger partial charge on any atom is -0.462 e. The Balaban J connectivity index is 4.55. The molecule has 1 amide bonds. The molecule has 0 aliphatic heterocycles. The molecule has 0 rings (SSSR count). The zero-order chi connectivity index (χ0) is 45.9. The molecule has 0 bridgehead atoms. The molecule has 0 aromatic heterocycles. The molecule has 0 aliphatic rings. The molecular formula is C57H101NO5. The van der Waals surface area contributed by atoms with E-state index in [0.29, 0.717) is 19.3 Å². The Kier molecular flexibility index (Phi) is 48.1. The first kappa shape index (κ1) is 60.3. The zero-order valence-corrected chi connectivity index (χ0v) is 41.4. The van der Waals surface area contributed by atoms with Gasteiger partial charge < -0.3 is 20.3 Å². The van der Waals surface area contributed by atoms with Crippen LogP contribution in [0.3, 0.4) is 0 Å². The summed E-state index contributed by atoms with van der Waals surface area (Å²) in [6, 6.07) is -0.714. The van der Waals surface area contributed by atoms with Crippen LogP contribution in [0.25, 0.3) is 0 Å². The molecule has 6 nitrogen and oxygen atoms in total. The van der Waals surface area contributed by atoms with Crippen molar-refractivity contribution in [1.82, 2.24) is 5.32 Å². The second-order valence-corrected chi connectivity index (χ2v) is 18.0. The van der Waals surface area contributed by atoms with Crippen LogP contribution in [-0.2, 0) is 14.3 Å². The van der Waals surface area contributed by atoms with E-state index < -0.39 is 18.2 Å². The lowest BCUT2D eigenvalue weighted by atomic mass is 10.0. The SMILES string of the molecule is CC/C=C/C=C/C=C/C=C\CCCCCCCC(=O)OC(CCCCCCC/C=C/C/C=C/CC)CC(=O)NC(CO)C(O)CCCCCCCCCCCCCCCCCCC. The minimum atomic E-state index is -0.799. The third-order valence-corrected chi connectivity index (χ3v) is 11.9. The van der Waals surface area contributed by atoms with Crippen LogP contribution in [0.2, 0.25) is 0 Å². The number of allylic oxidation sites excluding steroid dienone is 12. The van der Waals surface area contributed by atoms with E-state index in [-0.39, 0.29) is 24.9 Å². The van der Waals surface area contributed by atoms with Gasteiger partial charge in [0.2, 0.25) is 5.91 Å². The van der Waals surface area contributed by atoms with Crippen molar-refractivity contribution in [2.45, 2.75) is 270 Å². The summed E-state index contributed by atoms with van der Waals surface area (Å²) < 4.78 is 5.92. The predicted molar refractivity (Wildman–Crippen MR) is 273 cm³/mol. The number of carbonyl (C=O) groups is 2. The highest BCUT2D eigenvalue weighted by atomic mass is 16.5. The maximum atomic E-state index is 13.2. The number of unbranched alkanes of at least 4 members (excludes halogenated alkanes) is 26. The molecule has 0 spiro atoms. The summed E-state index contributed by atoms with van der Waals surface area (Å²) in [7, 11) is 0. The number of aliphatic hydroxyl groups is 2. The second-order valence-electron chi connectivity index (χ2n) is 18.0. The molecular weight excluding hydrogens is 779 g/mol. The molecule has 0 heterocycles. The molecule has 6 heteroatoms. The Labute approximate surface area is 390 Å². The van der Waals surface area contributed by atoms with Crippen LogP contribution in [0.4, 0.5) is 0 Å². The van der Waals surface area contributed by atoms with Gasteiger partial charge in [-0.05, 0) is 70.6 Å². The normalized spacial score (nSPS) is 13.8. The molecule has 0 fully saturated rings. The number of carbonyl (C=O) groups excluding carboxylic acids is 2. The molecule has 3 unspecified atom stereocenters. The van der Waals surface area contributed by atoms with Crippen molar-refractivity contribution in [2.24, 2.45) is 0 Å². The van der Waals surface area contributed by atoms with E-state index in [4.69, 9.17) is 4.74 Å². The number of hydrogen-bond donors (Lipinski definition) is 3. The fraction of sp³-hybridized carbons (Fsp3) is 0.754. The fourth-order valence-corrected chi connectivity index (χ4v) is 7.89. The summed E-state index contributed by atoms with van der Waals surface area (Å²) in [5.41, 5.74) is 0. The van der Waals surface area contributed by atoms with Gasteiger partial charge in [0.15, 0.2) is 0 Å². The molecule has 0 aliphatic carbocycles. The van der Waals surface area contributed by atoms with Gasteiger partial charge in [-0.15, -0.1) is 0 Å². The van der Waals surface area contributed by atoms with E-state index in [1.807, 2.05) is 18.2 Å². The summed E-state index contributed by atoms with van der Waals surface area (Å²) in [5, 5.41) is 23.8. The van der Waals surface area contributed by atoms with E-state index in [1.165, 1.54) is 96.3 Å². The van der Waals surface area contributed by atoms with Gasteiger partial charge in [-0.3, -0.25) is 9.59 Å². The van der Waals surface area contributed by atoms with Gasteiger partial charge in [-0.1, -0.05) is 241 Å². The monoisotopic (exact) mass is 880 g/mol. The third-order valence-electron chi connectivity index (χ3n) is 11.9. The van der Waals surface area contributed by atoms with E-state index in [1.54, 1.807) is 0 Å². The van der Waals surface area contributed by atoms with Gasteiger partial charge in [-0.2, -0.15) is 0 Å². The Morgan fingerprint density at radius 1 is 0.492 bits per heavy atom. The van der Waals surface area contributed by atoms with Gasteiger partial charge in [0.25, 0.3) is 0 Å². The van der Waals surface area contributed by atoms with Crippen molar-refractivity contribution in [1.29, 1.82) is 0 Å². The maximum Gasteiger partial charge on any atom is 0.306 e. The average Bonchev–Trinajstić information content (AvgIpc) is 3.28. The Bertz CT molecular complexity index is 1170. The highest BCUT2D eigenvalue weighted by Crippen LogP contribution is 2.18. The molecule has 63 heavy (non-hydrogen) atoms. The molecule has 364 valence electrons. The van der Waals surface area contributed by atoms with Gasteiger partial charge in [0, 0.05) is 6.42 Å². The van der Waals surface area contributed by atoms with Gasteiger partial charge in [0.05, 0.1) is 25.2 Å². The molecule has 3 atom stereocenters. The number of esters is 1. The standard InChI is InChI=1S/C57H101NO5/c1-4-7-10-13-16-19-22-25-27-28-30-31-34-37-40-43-46-49-55(60)54(52-59)58-56(61)51-53(48-45-42-39-36-33-24-21-18-15-12-9-6-3)63-57(62)50-47-44-41-38-35-32-29-26-23-20-17-14-11-8-5-2/h8-9,11-12,14,17-18,20-21,23,26,29,53-55,59-60H,4-7,10,13,15-16,19,22,24-25,27-28,30-52H2,1-3H3,(H,58,61)/b11-8+,12-9+,17-14+,21-18+,23-20+,29-26-. The van der Waals surface area contributed by atoms with Crippen molar-refractivity contribution >= 4 is 11.9 Å². The Morgan fingerprint density at radius 2 is 0.937 bits per heavy atom. The Morgan fingerprint density at radius 3 is 1.48 bits per heavy atom. The summed E-state index contributed by atoms with van der Waals surface area (Å²) >= 11 is 0. The smallest absolute Gasteiger partial charge is 0.306 e. The lowest BCUT2D eigenvalue weighted by Crippen LogP contribution is -2.46. The van der Waals surface area contributed by atoms with Crippen molar-refractivity contribution in [3.05, 3.63) is 72.9 Å². The molecule has 3 N–H and O–H groups in total. The van der Waals surface area contributed by atoms with E-state index >= 15 is 0 Å². The molecule has 0 saturated heterocycles. The number of aliphatic hydroxyl groups excluding tert-OH is 2. The van der Waals surface area contributed by atoms with Gasteiger partial charge >= 0.3 is 5.97 Å². The van der Waals surface area contributed by atoms with Crippen molar-refractivity contribution in [3.8, 4) is 0 Å². The maximum absolute atomic E-state index is 13.2. The number of ether oxygens (including phenoxy) is 1. The first-order valence-corrected chi connectivity index (χ1v) is 26.7. The number of amides is 1.